The van der Waals surface area contributed by atoms with Crippen molar-refractivity contribution in [3.05, 3.63) is 56.0 Å². The fraction of sp³-hybridized carbons (Fsp3) is 0.167. The number of carbonyl (C=O) groups excluding carboxylic acids is 2. The third kappa shape index (κ3) is 5.67. The highest BCUT2D eigenvalue weighted by molar-refractivity contribution is 9.11. The van der Waals surface area contributed by atoms with Crippen LogP contribution >= 0.6 is 31.9 Å². The summed E-state index contributed by atoms with van der Waals surface area (Å²) in [6.45, 7) is 3.86. The maximum Gasteiger partial charge on any atom is 0.249 e. The van der Waals surface area contributed by atoms with Gasteiger partial charge in [-0.1, -0.05) is 17.7 Å². The van der Waals surface area contributed by atoms with Crippen LogP contribution in [-0.2, 0) is 9.59 Å². The van der Waals surface area contributed by atoms with Crippen LogP contribution in [0.25, 0.3) is 0 Å². The van der Waals surface area contributed by atoms with Crippen LogP contribution in [0.3, 0.4) is 0 Å². The van der Waals surface area contributed by atoms with Crippen LogP contribution in [0.2, 0.25) is 0 Å². The molecule has 0 bridgehead atoms. The Morgan fingerprint density at radius 3 is 2.38 bits per heavy atom. The summed E-state index contributed by atoms with van der Waals surface area (Å²) in [5.74, 6) is -0.866. The second kappa shape index (κ2) is 8.95. The van der Waals surface area contributed by atoms with Crippen molar-refractivity contribution in [2.75, 3.05) is 5.32 Å². The Bertz CT molecular complexity index is 859. The minimum absolute atomic E-state index is 0.0780. The molecular formula is C18H17Br2N3O3. The molecule has 0 atom stereocenters. The van der Waals surface area contributed by atoms with Gasteiger partial charge >= 0.3 is 0 Å². The van der Waals surface area contributed by atoms with E-state index in [1.54, 1.807) is 18.2 Å². The Balaban J connectivity index is 1.89. The van der Waals surface area contributed by atoms with Crippen molar-refractivity contribution in [2.45, 2.75) is 20.3 Å². The number of halogens is 2. The van der Waals surface area contributed by atoms with Gasteiger partial charge in [0.1, 0.15) is 12.2 Å². The summed E-state index contributed by atoms with van der Waals surface area (Å²) in [5, 5.41) is 16.2. The maximum atomic E-state index is 12.0. The second-order valence-corrected chi connectivity index (χ2v) is 7.38. The fourth-order valence-corrected chi connectivity index (χ4v) is 3.39. The van der Waals surface area contributed by atoms with Gasteiger partial charge in [0.05, 0.1) is 15.2 Å². The van der Waals surface area contributed by atoms with Crippen molar-refractivity contribution in [3.63, 3.8) is 0 Å². The zero-order chi connectivity index (χ0) is 19.3. The first kappa shape index (κ1) is 20.1. The number of amides is 2. The highest BCUT2D eigenvalue weighted by Gasteiger charge is 2.10. The van der Waals surface area contributed by atoms with E-state index in [9.17, 15) is 14.7 Å². The number of anilines is 1. The van der Waals surface area contributed by atoms with Crippen LogP contribution in [-0.4, -0.2) is 23.1 Å². The number of nitrogens with zero attached hydrogens (tertiary/aromatic N) is 1. The SMILES string of the molecule is Cc1ccc(NC(=O)CC(=O)NN=Cc2cc(Br)c(O)c(Br)c2)c(C)c1. The molecule has 0 aliphatic carbocycles. The Kier molecular flexibility index (Phi) is 6.93. The van der Waals surface area contributed by atoms with E-state index in [4.69, 9.17) is 0 Å². The molecule has 0 saturated carbocycles. The smallest absolute Gasteiger partial charge is 0.249 e. The van der Waals surface area contributed by atoms with Gasteiger partial charge in [0.2, 0.25) is 11.8 Å². The first-order valence-electron chi connectivity index (χ1n) is 7.63. The molecular weight excluding hydrogens is 466 g/mol. The molecule has 0 radical (unpaired) electrons. The Morgan fingerprint density at radius 1 is 1.12 bits per heavy atom. The highest BCUT2D eigenvalue weighted by atomic mass is 79.9. The van der Waals surface area contributed by atoms with E-state index in [1.165, 1.54) is 6.21 Å². The van der Waals surface area contributed by atoms with Gasteiger partial charge in [0.25, 0.3) is 0 Å². The number of phenolic OH excluding ortho intramolecular Hbond substituents is 1. The second-order valence-electron chi connectivity index (χ2n) is 5.67. The third-order valence-electron chi connectivity index (χ3n) is 3.42. The minimum Gasteiger partial charge on any atom is -0.506 e. The van der Waals surface area contributed by atoms with E-state index in [0.29, 0.717) is 20.2 Å². The van der Waals surface area contributed by atoms with Crippen LogP contribution in [0.4, 0.5) is 5.69 Å². The van der Waals surface area contributed by atoms with Gasteiger partial charge in [-0.05, 0) is 75.0 Å². The molecule has 2 amide bonds. The van der Waals surface area contributed by atoms with E-state index in [-0.39, 0.29) is 12.2 Å². The molecule has 0 heterocycles. The first-order valence-corrected chi connectivity index (χ1v) is 9.22. The lowest BCUT2D eigenvalue weighted by Gasteiger charge is -2.08. The summed E-state index contributed by atoms with van der Waals surface area (Å²) in [6, 6.07) is 8.93. The Labute approximate surface area is 167 Å². The van der Waals surface area contributed by atoms with Crippen LogP contribution in [0.1, 0.15) is 23.1 Å². The zero-order valence-electron chi connectivity index (χ0n) is 14.1. The molecule has 0 fully saturated rings. The van der Waals surface area contributed by atoms with E-state index >= 15 is 0 Å². The zero-order valence-corrected chi connectivity index (χ0v) is 17.3. The molecule has 0 unspecified atom stereocenters. The van der Waals surface area contributed by atoms with Crippen molar-refractivity contribution in [1.82, 2.24) is 5.43 Å². The molecule has 0 aliphatic heterocycles. The molecule has 2 aromatic rings. The normalized spacial score (nSPS) is 10.8. The van der Waals surface area contributed by atoms with Crippen molar-refractivity contribution in [1.29, 1.82) is 0 Å². The predicted octanol–water partition coefficient (Wildman–Crippen LogP) is 4.01. The average molecular weight is 483 g/mol. The largest absolute Gasteiger partial charge is 0.506 e. The molecule has 6 nitrogen and oxygen atoms in total. The summed E-state index contributed by atoms with van der Waals surface area (Å²) >= 11 is 6.42. The monoisotopic (exact) mass is 481 g/mol. The number of carbonyl (C=O) groups is 2. The average Bonchev–Trinajstić information content (AvgIpc) is 2.55. The van der Waals surface area contributed by atoms with Gasteiger partial charge in [0.15, 0.2) is 0 Å². The van der Waals surface area contributed by atoms with Gasteiger partial charge in [-0.25, -0.2) is 5.43 Å². The van der Waals surface area contributed by atoms with E-state index in [1.807, 2.05) is 26.0 Å². The molecule has 0 aliphatic rings. The Hall–Kier alpha value is -2.19. The standard InChI is InChI=1S/C18H17Br2N3O3/c1-10-3-4-15(11(2)5-10)22-16(24)8-17(25)23-21-9-12-6-13(19)18(26)14(20)7-12/h3-7,9,26H,8H2,1-2H3,(H,22,24)(H,23,25). The third-order valence-corrected chi connectivity index (χ3v) is 4.63. The summed E-state index contributed by atoms with van der Waals surface area (Å²) in [4.78, 5) is 23.8. The van der Waals surface area contributed by atoms with Crippen molar-refractivity contribution in [3.8, 4) is 5.75 Å². The Morgan fingerprint density at radius 2 is 1.77 bits per heavy atom. The lowest BCUT2D eigenvalue weighted by atomic mass is 10.1. The lowest BCUT2D eigenvalue weighted by Crippen LogP contribution is -2.24. The molecule has 2 rings (SSSR count). The summed E-state index contributed by atoms with van der Waals surface area (Å²) in [5.41, 5.74) is 5.66. The molecule has 136 valence electrons. The molecule has 0 aromatic heterocycles. The highest BCUT2D eigenvalue weighted by Crippen LogP contribution is 2.32. The maximum absolute atomic E-state index is 12.0. The van der Waals surface area contributed by atoms with E-state index in [2.05, 4.69) is 47.7 Å². The molecule has 26 heavy (non-hydrogen) atoms. The predicted molar refractivity (Wildman–Crippen MR) is 108 cm³/mol. The molecule has 0 spiro atoms. The van der Waals surface area contributed by atoms with Crippen LogP contribution in [0.5, 0.6) is 5.75 Å². The number of benzene rings is 2. The van der Waals surface area contributed by atoms with Crippen molar-refractivity contribution >= 4 is 55.6 Å². The molecule has 3 N–H and O–H groups in total. The summed E-state index contributed by atoms with van der Waals surface area (Å²) < 4.78 is 0.986. The summed E-state index contributed by atoms with van der Waals surface area (Å²) in [7, 11) is 0. The van der Waals surface area contributed by atoms with Crippen LogP contribution < -0.4 is 10.7 Å². The van der Waals surface area contributed by atoms with Gasteiger partial charge in [0, 0.05) is 5.69 Å². The van der Waals surface area contributed by atoms with Gasteiger partial charge in [-0.2, -0.15) is 5.10 Å². The minimum atomic E-state index is -0.527. The van der Waals surface area contributed by atoms with E-state index in [0.717, 1.165) is 11.1 Å². The number of hydrogen-bond donors (Lipinski definition) is 3. The number of hydrazone groups is 1. The first-order chi connectivity index (χ1) is 12.3. The van der Waals surface area contributed by atoms with Crippen LogP contribution in [0.15, 0.2) is 44.4 Å². The number of aromatic hydroxyl groups is 1. The van der Waals surface area contributed by atoms with Crippen molar-refractivity contribution in [2.24, 2.45) is 5.10 Å². The number of hydrogen-bond acceptors (Lipinski definition) is 4. The van der Waals surface area contributed by atoms with Gasteiger partial charge in [-0.3, -0.25) is 9.59 Å². The quantitative estimate of drug-likeness (QED) is 0.341. The molecule has 0 saturated heterocycles. The topological polar surface area (TPSA) is 90.8 Å². The van der Waals surface area contributed by atoms with Crippen LogP contribution in [0, 0.1) is 13.8 Å². The number of aryl methyl sites for hydroxylation is 2. The number of phenols is 1. The number of nitrogens with one attached hydrogen (secondary N) is 2. The van der Waals surface area contributed by atoms with E-state index < -0.39 is 11.8 Å². The fourth-order valence-electron chi connectivity index (χ4n) is 2.17. The summed E-state index contributed by atoms with van der Waals surface area (Å²) in [6.07, 6.45) is 1.07. The molecule has 8 heteroatoms. The lowest BCUT2D eigenvalue weighted by molar-refractivity contribution is -0.126. The number of rotatable bonds is 5. The van der Waals surface area contributed by atoms with Gasteiger partial charge < -0.3 is 10.4 Å². The van der Waals surface area contributed by atoms with Gasteiger partial charge in [-0.15, -0.1) is 0 Å². The van der Waals surface area contributed by atoms with Crippen molar-refractivity contribution < 1.29 is 14.7 Å². The molecule has 2 aromatic carbocycles.